The number of imidazole rings is 1. The van der Waals surface area contributed by atoms with Gasteiger partial charge in [-0.15, -0.1) is 0 Å². The van der Waals surface area contributed by atoms with Crippen molar-refractivity contribution in [3.63, 3.8) is 0 Å². The normalized spacial score (nSPS) is 11.5. The molecule has 0 fully saturated rings. The Balaban J connectivity index is 2.82. The van der Waals surface area contributed by atoms with Gasteiger partial charge in [-0.1, -0.05) is 25.7 Å². The SMILES string of the molecule is C=C/C=N\c1nc[nH]c1/C=C/CC. The van der Waals surface area contributed by atoms with E-state index in [4.69, 9.17) is 0 Å². The minimum Gasteiger partial charge on any atom is -0.343 e. The summed E-state index contributed by atoms with van der Waals surface area (Å²) in [6, 6.07) is 0. The summed E-state index contributed by atoms with van der Waals surface area (Å²) in [5.74, 6) is 0.699. The number of allylic oxidation sites excluding steroid dienone is 2. The lowest BCUT2D eigenvalue weighted by Gasteiger charge is -1.88. The Morgan fingerprint density at radius 1 is 1.69 bits per heavy atom. The monoisotopic (exact) mass is 175 g/mol. The predicted octanol–water partition coefficient (Wildman–Crippen LogP) is 2.72. The quantitative estimate of drug-likeness (QED) is 0.702. The smallest absolute Gasteiger partial charge is 0.177 e. The second kappa shape index (κ2) is 5.09. The number of aromatic amines is 1. The van der Waals surface area contributed by atoms with E-state index in [-0.39, 0.29) is 0 Å². The molecule has 0 amide bonds. The van der Waals surface area contributed by atoms with E-state index in [1.54, 1.807) is 18.6 Å². The molecule has 0 aromatic carbocycles. The number of hydrogen-bond acceptors (Lipinski definition) is 2. The molecule has 1 aromatic heterocycles. The first-order valence-corrected chi connectivity index (χ1v) is 4.23. The summed E-state index contributed by atoms with van der Waals surface area (Å²) in [6.45, 7) is 5.63. The van der Waals surface area contributed by atoms with Crippen molar-refractivity contribution in [2.45, 2.75) is 13.3 Å². The molecule has 1 N–H and O–H groups in total. The van der Waals surface area contributed by atoms with Crippen molar-refractivity contribution in [2.24, 2.45) is 4.99 Å². The van der Waals surface area contributed by atoms with Crippen LogP contribution >= 0.6 is 0 Å². The molecule has 3 nitrogen and oxygen atoms in total. The lowest BCUT2D eigenvalue weighted by molar-refractivity contribution is 1.23. The second-order valence-electron chi connectivity index (χ2n) is 2.46. The first-order chi connectivity index (χ1) is 6.38. The van der Waals surface area contributed by atoms with Gasteiger partial charge in [0, 0.05) is 6.21 Å². The summed E-state index contributed by atoms with van der Waals surface area (Å²) in [4.78, 5) is 11.2. The molecule has 0 atom stereocenters. The minimum absolute atomic E-state index is 0.699. The number of hydrogen-bond donors (Lipinski definition) is 1. The molecule has 1 rings (SSSR count). The third-order valence-electron chi connectivity index (χ3n) is 1.47. The van der Waals surface area contributed by atoms with E-state index >= 15 is 0 Å². The van der Waals surface area contributed by atoms with Gasteiger partial charge in [0.05, 0.1) is 12.0 Å². The zero-order chi connectivity index (χ0) is 9.52. The average molecular weight is 175 g/mol. The lowest BCUT2D eigenvalue weighted by Crippen LogP contribution is -1.72. The fourth-order valence-corrected chi connectivity index (χ4v) is 0.882. The molecule has 0 saturated heterocycles. The van der Waals surface area contributed by atoms with Crippen molar-refractivity contribution in [1.82, 2.24) is 9.97 Å². The van der Waals surface area contributed by atoms with Crippen LogP contribution in [0.25, 0.3) is 6.08 Å². The molecule has 68 valence electrons. The number of aliphatic imine (C=N–C) groups is 1. The molecule has 0 radical (unpaired) electrons. The predicted molar refractivity (Wildman–Crippen MR) is 56.3 cm³/mol. The summed E-state index contributed by atoms with van der Waals surface area (Å²) < 4.78 is 0. The second-order valence-corrected chi connectivity index (χ2v) is 2.46. The molecule has 0 aliphatic carbocycles. The van der Waals surface area contributed by atoms with Crippen LogP contribution in [-0.4, -0.2) is 16.2 Å². The van der Waals surface area contributed by atoms with Crippen LogP contribution in [0.2, 0.25) is 0 Å². The summed E-state index contributed by atoms with van der Waals surface area (Å²) in [5, 5.41) is 0. The molecule has 0 unspecified atom stereocenters. The van der Waals surface area contributed by atoms with Crippen molar-refractivity contribution in [1.29, 1.82) is 0 Å². The van der Waals surface area contributed by atoms with Gasteiger partial charge < -0.3 is 4.98 Å². The van der Waals surface area contributed by atoms with Crippen LogP contribution in [0.4, 0.5) is 5.82 Å². The van der Waals surface area contributed by atoms with Gasteiger partial charge in [0.25, 0.3) is 0 Å². The number of H-pyrrole nitrogens is 1. The van der Waals surface area contributed by atoms with Crippen LogP contribution in [0.15, 0.2) is 30.1 Å². The van der Waals surface area contributed by atoms with E-state index in [2.05, 4.69) is 34.5 Å². The van der Waals surface area contributed by atoms with Gasteiger partial charge in [0.15, 0.2) is 5.82 Å². The zero-order valence-corrected chi connectivity index (χ0v) is 7.70. The molecule has 0 bridgehead atoms. The van der Waals surface area contributed by atoms with E-state index in [9.17, 15) is 0 Å². The van der Waals surface area contributed by atoms with Gasteiger partial charge in [-0.3, -0.25) is 0 Å². The van der Waals surface area contributed by atoms with E-state index < -0.39 is 0 Å². The molecule has 0 aliphatic heterocycles. The molecule has 0 aliphatic rings. The Labute approximate surface area is 77.9 Å². The maximum absolute atomic E-state index is 4.10. The van der Waals surface area contributed by atoms with E-state index in [0.29, 0.717) is 5.82 Å². The minimum atomic E-state index is 0.699. The fourth-order valence-electron chi connectivity index (χ4n) is 0.882. The zero-order valence-electron chi connectivity index (χ0n) is 7.70. The Morgan fingerprint density at radius 3 is 3.23 bits per heavy atom. The topological polar surface area (TPSA) is 41.0 Å². The van der Waals surface area contributed by atoms with Crippen LogP contribution in [0.3, 0.4) is 0 Å². The summed E-state index contributed by atoms with van der Waals surface area (Å²) in [6.07, 6.45) is 9.92. The van der Waals surface area contributed by atoms with Crippen LogP contribution in [0, 0.1) is 0 Å². The van der Waals surface area contributed by atoms with E-state index in [1.165, 1.54) is 0 Å². The van der Waals surface area contributed by atoms with Crippen molar-refractivity contribution >= 4 is 18.1 Å². The van der Waals surface area contributed by atoms with E-state index in [1.807, 2.05) is 6.08 Å². The van der Waals surface area contributed by atoms with E-state index in [0.717, 1.165) is 12.1 Å². The molecule has 3 heteroatoms. The van der Waals surface area contributed by atoms with Crippen molar-refractivity contribution in [3.05, 3.63) is 30.8 Å². The lowest BCUT2D eigenvalue weighted by atomic mass is 10.3. The van der Waals surface area contributed by atoms with Gasteiger partial charge in [-0.05, 0) is 12.5 Å². The Morgan fingerprint density at radius 2 is 2.54 bits per heavy atom. The van der Waals surface area contributed by atoms with Crippen molar-refractivity contribution in [2.75, 3.05) is 0 Å². The van der Waals surface area contributed by atoms with Crippen molar-refractivity contribution < 1.29 is 0 Å². The van der Waals surface area contributed by atoms with Crippen LogP contribution in [-0.2, 0) is 0 Å². The highest BCUT2D eigenvalue weighted by Crippen LogP contribution is 2.14. The third kappa shape index (κ3) is 2.71. The number of nitrogens with one attached hydrogen (secondary N) is 1. The molecular weight excluding hydrogens is 162 g/mol. The summed E-state index contributed by atoms with van der Waals surface area (Å²) >= 11 is 0. The van der Waals surface area contributed by atoms with Gasteiger partial charge in [-0.2, -0.15) is 0 Å². The standard InChI is InChI=1S/C10H13N3/c1-3-5-6-9-10(11-7-4-2)13-8-12-9/h4-8H,2-3H2,1H3,(H,12,13)/b6-5+,11-7-. The molecule has 0 spiro atoms. The highest BCUT2D eigenvalue weighted by Gasteiger charge is 1.97. The van der Waals surface area contributed by atoms with Gasteiger partial charge in [-0.25, -0.2) is 9.98 Å². The fraction of sp³-hybridized carbons (Fsp3) is 0.200. The summed E-state index contributed by atoms with van der Waals surface area (Å²) in [5.41, 5.74) is 0.931. The highest BCUT2D eigenvalue weighted by atomic mass is 15.0. The highest BCUT2D eigenvalue weighted by molar-refractivity contribution is 5.74. The first-order valence-electron chi connectivity index (χ1n) is 4.23. The Kier molecular flexibility index (Phi) is 3.70. The number of rotatable bonds is 4. The summed E-state index contributed by atoms with van der Waals surface area (Å²) in [7, 11) is 0. The number of nitrogens with zero attached hydrogens (tertiary/aromatic N) is 2. The molecule has 0 saturated carbocycles. The van der Waals surface area contributed by atoms with Gasteiger partial charge in [0.1, 0.15) is 0 Å². The Hall–Kier alpha value is -1.64. The third-order valence-corrected chi connectivity index (χ3v) is 1.47. The van der Waals surface area contributed by atoms with Crippen LogP contribution < -0.4 is 0 Å². The molecular formula is C10H13N3. The molecule has 13 heavy (non-hydrogen) atoms. The molecule has 1 aromatic rings. The Bertz CT molecular complexity index is 321. The number of aromatic nitrogens is 2. The van der Waals surface area contributed by atoms with Gasteiger partial charge in [0.2, 0.25) is 0 Å². The maximum Gasteiger partial charge on any atom is 0.177 e. The first kappa shape index (κ1) is 9.45. The molecule has 1 heterocycles. The largest absolute Gasteiger partial charge is 0.343 e. The van der Waals surface area contributed by atoms with Crippen LogP contribution in [0.1, 0.15) is 19.0 Å². The maximum atomic E-state index is 4.10. The van der Waals surface area contributed by atoms with Gasteiger partial charge >= 0.3 is 0 Å². The van der Waals surface area contributed by atoms with Crippen LogP contribution in [0.5, 0.6) is 0 Å². The average Bonchev–Trinajstić information content (AvgIpc) is 2.59. The van der Waals surface area contributed by atoms with Crippen molar-refractivity contribution in [3.8, 4) is 0 Å².